The molecule has 0 aliphatic carbocycles. The molecule has 2 N–H and O–H groups in total. The maximum Gasteiger partial charge on any atom is 0.0709 e. The highest BCUT2D eigenvalue weighted by Crippen LogP contribution is 2.33. The highest BCUT2D eigenvalue weighted by Gasteiger charge is 2.27. The van der Waals surface area contributed by atoms with Crippen molar-refractivity contribution >= 4 is 10.9 Å². The van der Waals surface area contributed by atoms with Gasteiger partial charge in [-0.1, -0.05) is 25.1 Å². The third-order valence-corrected chi connectivity index (χ3v) is 4.22. The minimum atomic E-state index is -0.344. The Balaban J connectivity index is 2.30. The summed E-state index contributed by atoms with van der Waals surface area (Å²) in [4.78, 5) is 7.34. The molecule has 0 unspecified atom stereocenters. The smallest absolute Gasteiger partial charge is 0.0709 e. The zero-order valence-corrected chi connectivity index (χ0v) is 12.6. The van der Waals surface area contributed by atoms with E-state index < -0.39 is 0 Å². The molecule has 0 saturated heterocycles. The van der Waals surface area contributed by atoms with Crippen LogP contribution >= 0.6 is 0 Å². The van der Waals surface area contributed by atoms with Crippen LogP contribution in [0.15, 0.2) is 24.3 Å². The third kappa shape index (κ3) is 2.21. The van der Waals surface area contributed by atoms with Crippen molar-refractivity contribution in [1.29, 1.82) is 0 Å². The second-order valence-corrected chi connectivity index (χ2v) is 6.27. The Labute approximate surface area is 120 Å². The Morgan fingerprint density at radius 3 is 2.75 bits per heavy atom. The number of nitrogens with zero attached hydrogens (tertiary/aromatic N) is 2. The van der Waals surface area contributed by atoms with E-state index in [0.717, 1.165) is 31.6 Å². The molecule has 2 aromatic rings. The minimum Gasteiger partial charge on any atom is -0.322 e. The molecule has 1 aromatic heterocycles. The average molecular weight is 269 g/mol. The van der Waals surface area contributed by atoms with E-state index in [0.29, 0.717) is 0 Å². The summed E-state index contributed by atoms with van der Waals surface area (Å²) in [5.74, 6) is 0. The van der Waals surface area contributed by atoms with E-state index >= 15 is 0 Å². The number of para-hydroxylation sites is 1. The van der Waals surface area contributed by atoms with Crippen LogP contribution in [0.5, 0.6) is 0 Å². The van der Waals surface area contributed by atoms with Gasteiger partial charge in [0.15, 0.2) is 0 Å². The summed E-state index contributed by atoms with van der Waals surface area (Å²) in [6, 6.07) is 8.37. The molecule has 0 bridgehead atoms. The molecule has 0 saturated carbocycles. The van der Waals surface area contributed by atoms with Gasteiger partial charge in [-0.2, -0.15) is 0 Å². The predicted octanol–water partition coefficient (Wildman–Crippen LogP) is 2.81. The van der Waals surface area contributed by atoms with Gasteiger partial charge in [-0.15, -0.1) is 0 Å². The molecule has 1 aliphatic rings. The normalized spacial score (nSPS) is 16.4. The van der Waals surface area contributed by atoms with E-state index in [9.17, 15) is 0 Å². The van der Waals surface area contributed by atoms with Gasteiger partial charge >= 0.3 is 0 Å². The standard InChI is InChI=1S/C17H23N3/c1-4-20-10-9-15-13(11-20)16(17(2,3)18)12-7-5-6-8-14(12)19-15/h5-8H,4,9-11,18H2,1-3H3. The van der Waals surface area contributed by atoms with Crippen LogP contribution in [0.3, 0.4) is 0 Å². The van der Waals surface area contributed by atoms with E-state index in [-0.39, 0.29) is 5.54 Å². The SMILES string of the molecule is CCN1CCc2nc3ccccc3c(C(C)(C)N)c2C1. The van der Waals surface area contributed by atoms with Gasteiger partial charge in [0, 0.05) is 36.1 Å². The maximum atomic E-state index is 6.49. The first kappa shape index (κ1) is 13.5. The van der Waals surface area contributed by atoms with Gasteiger partial charge in [0.2, 0.25) is 0 Å². The van der Waals surface area contributed by atoms with Crippen molar-refractivity contribution < 1.29 is 0 Å². The number of nitrogens with two attached hydrogens (primary N) is 1. The summed E-state index contributed by atoms with van der Waals surface area (Å²) in [7, 11) is 0. The molecule has 0 atom stereocenters. The Kier molecular flexibility index (Phi) is 3.27. The second kappa shape index (κ2) is 4.83. The summed E-state index contributed by atoms with van der Waals surface area (Å²) in [5.41, 5.74) is 11.1. The quantitative estimate of drug-likeness (QED) is 0.911. The highest BCUT2D eigenvalue weighted by atomic mass is 15.1. The van der Waals surface area contributed by atoms with E-state index in [1.165, 1.54) is 22.2 Å². The van der Waals surface area contributed by atoms with Crippen molar-refractivity contribution in [3.05, 3.63) is 41.1 Å². The fourth-order valence-corrected chi connectivity index (χ4v) is 3.25. The van der Waals surface area contributed by atoms with Gasteiger partial charge in [0.1, 0.15) is 0 Å². The topological polar surface area (TPSA) is 42.2 Å². The number of hydrogen-bond acceptors (Lipinski definition) is 3. The largest absolute Gasteiger partial charge is 0.322 e. The Hall–Kier alpha value is -1.45. The summed E-state index contributed by atoms with van der Waals surface area (Å²) in [6.07, 6.45) is 1.02. The Morgan fingerprint density at radius 2 is 2.05 bits per heavy atom. The molecule has 20 heavy (non-hydrogen) atoms. The molecule has 3 nitrogen and oxygen atoms in total. The molecule has 3 heteroatoms. The monoisotopic (exact) mass is 269 g/mol. The highest BCUT2D eigenvalue weighted by molar-refractivity contribution is 5.84. The number of rotatable bonds is 2. The maximum absolute atomic E-state index is 6.49. The molecule has 3 rings (SSSR count). The van der Waals surface area contributed by atoms with Crippen LogP contribution in [-0.4, -0.2) is 23.0 Å². The summed E-state index contributed by atoms with van der Waals surface area (Å²) < 4.78 is 0. The summed E-state index contributed by atoms with van der Waals surface area (Å²) in [5, 5.41) is 1.21. The van der Waals surface area contributed by atoms with Crippen molar-refractivity contribution in [3.63, 3.8) is 0 Å². The molecule has 0 radical (unpaired) electrons. The molecule has 2 heterocycles. The Bertz CT molecular complexity index is 640. The number of benzene rings is 1. The molecule has 1 aromatic carbocycles. The van der Waals surface area contributed by atoms with Gasteiger partial charge in [-0.25, -0.2) is 0 Å². The lowest BCUT2D eigenvalue weighted by molar-refractivity contribution is 0.263. The molecule has 1 aliphatic heterocycles. The average Bonchev–Trinajstić information content (AvgIpc) is 2.42. The fourth-order valence-electron chi connectivity index (χ4n) is 3.25. The molecule has 0 fully saturated rings. The molecule has 0 spiro atoms. The van der Waals surface area contributed by atoms with Gasteiger partial charge in [-0.05, 0) is 37.6 Å². The lowest BCUT2D eigenvalue weighted by Gasteiger charge is -2.33. The first-order valence-electron chi connectivity index (χ1n) is 7.43. The first-order chi connectivity index (χ1) is 9.50. The number of fused-ring (bicyclic) bond motifs is 2. The zero-order chi connectivity index (χ0) is 14.3. The van der Waals surface area contributed by atoms with E-state index in [2.05, 4.69) is 49.9 Å². The van der Waals surface area contributed by atoms with Crippen LogP contribution in [0.1, 0.15) is 37.6 Å². The molecular weight excluding hydrogens is 246 g/mol. The lowest BCUT2D eigenvalue weighted by Crippen LogP contribution is -2.36. The van der Waals surface area contributed by atoms with E-state index in [1.54, 1.807) is 0 Å². The van der Waals surface area contributed by atoms with Crippen LogP contribution in [0.4, 0.5) is 0 Å². The van der Waals surface area contributed by atoms with E-state index in [4.69, 9.17) is 10.7 Å². The molecule has 0 amide bonds. The van der Waals surface area contributed by atoms with Gasteiger partial charge in [0.05, 0.1) is 5.52 Å². The number of likely N-dealkylation sites (N-methyl/N-ethyl adjacent to an activating group) is 1. The van der Waals surface area contributed by atoms with Crippen LogP contribution in [0, 0.1) is 0 Å². The summed E-state index contributed by atoms with van der Waals surface area (Å²) >= 11 is 0. The first-order valence-corrected chi connectivity index (χ1v) is 7.43. The van der Waals surface area contributed by atoms with Crippen molar-refractivity contribution in [2.24, 2.45) is 5.73 Å². The Morgan fingerprint density at radius 1 is 1.30 bits per heavy atom. The van der Waals surface area contributed by atoms with Crippen LogP contribution in [-0.2, 0) is 18.5 Å². The number of pyridine rings is 1. The van der Waals surface area contributed by atoms with Crippen LogP contribution < -0.4 is 5.73 Å². The van der Waals surface area contributed by atoms with Crippen molar-refractivity contribution in [1.82, 2.24) is 9.88 Å². The minimum absolute atomic E-state index is 0.344. The van der Waals surface area contributed by atoms with Crippen LogP contribution in [0.25, 0.3) is 10.9 Å². The zero-order valence-electron chi connectivity index (χ0n) is 12.6. The van der Waals surface area contributed by atoms with Crippen molar-refractivity contribution in [2.45, 2.75) is 39.3 Å². The van der Waals surface area contributed by atoms with Gasteiger partial charge in [0.25, 0.3) is 0 Å². The third-order valence-electron chi connectivity index (χ3n) is 4.22. The van der Waals surface area contributed by atoms with E-state index in [1.807, 2.05) is 0 Å². The molecular formula is C17H23N3. The number of hydrogen-bond donors (Lipinski definition) is 1. The lowest BCUT2D eigenvalue weighted by atomic mass is 9.85. The predicted molar refractivity (Wildman–Crippen MR) is 83.6 cm³/mol. The molecule has 106 valence electrons. The van der Waals surface area contributed by atoms with Gasteiger partial charge < -0.3 is 5.73 Å². The number of aromatic nitrogens is 1. The fraction of sp³-hybridized carbons (Fsp3) is 0.471. The van der Waals surface area contributed by atoms with Crippen LogP contribution in [0.2, 0.25) is 0 Å². The second-order valence-electron chi connectivity index (χ2n) is 6.27. The van der Waals surface area contributed by atoms with Crippen molar-refractivity contribution in [3.8, 4) is 0 Å². The summed E-state index contributed by atoms with van der Waals surface area (Å²) in [6.45, 7) is 9.56. The van der Waals surface area contributed by atoms with Gasteiger partial charge in [-0.3, -0.25) is 9.88 Å². The van der Waals surface area contributed by atoms with Crippen molar-refractivity contribution in [2.75, 3.05) is 13.1 Å².